The molecule has 1 heterocycles. The Balaban J connectivity index is 2.27. The smallest absolute Gasteiger partial charge is 0.416 e. The predicted octanol–water partition coefficient (Wildman–Crippen LogP) is 3.81. The van der Waals surface area contributed by atoms with E-state index in [4.69, 9.17) is 4.74 Å². The number of hydrogen-bond acceptors (Lipinski definition) is 3. The van der Waals surface area contributed by atoms with Crippen LogP contribution < -0.4 is 4.74 Å². The van der Waals surface area contributed by atoms with Crippen molar-refractivity contribution in [3.63, 3.8) is 0 Å². The number of aliphatic hydroxyl groups is 1. The van der Waals surface area contributed by atoms with Gasteiger partial charge < -0.3 is 9.84 Å². The van der Waals surface area contributed by atoms with E-state index in [0.717, 1.165) is 12.1 Å². The summed E-state index contributed by atoms with van der Waals surface area (Å²) in [6, 6.07) is 7.19. The Morgan fingerprint density at radius 3 is 2.61 bits per heavy atom. The van der Waals surface area contributed by atoms with Crippen molar-refractivity contribution < 1.29 is 23.0 Å². The first kappa shape index (κ1) is 15.6. The van der Waals surface area contributed by atoms with Crippen molar-refractivity contribution in [2.45, 2.75) is 19.3 Å². The van der Waals surface area contributed by atoms with Crippen LogP contribution >= 0.6 is 0 Å². The van der Waals surface area contributed by atoms with Crippen molar-refractivity contribution >= 4 is 6.21 Å². The highest BCUT2D eigenvalue weighted by Crippen LogP contribution is 2.40. The summed E-state index contributed by atoms with van der Waals surface area (Å²) < 4.78 is 44.8. The Labute approximate surface area is 131 Å². The number of benzene rings is 2. The van der Waals surface area contributed by atoms with Crippen LogP contribution in [0.15, 0.2) is 35.3 Å². The minimum Gasteiger partial charge on any atom is -0.496 e. The lowest BCUT2D eigenvalue weighted by Crippen LogP contribution is -2.07. The topological polar surface area (TPSA) is 41.8 Å². The van der Waals surface area contributed by atoms with Gasteiger partial charge in [-0.1, -0.05) is 6.07 Å². The molecule has 0 fully saturated rings. The van der Waals surface area contributed by atoms with Gasteiger partial charge in [0.15, 0.2) is 0 Å². The van der Waals surface area contributed by atoms with E-state index in [1.54, 1.807) is 24.4 Å². The minimum absolute atomic E-state index is 0.202. The van der Waals surface area contributed by atoms with E-state index in [2.05, 4.69) is 4.99 Å². The third kappa shape index (κ3) is 2.82. The van der Waals surface area contributed by atoms with E-state index >= 15 is 0 Å². The second-order valence-corrected chi connectivity index (χ2v) is 5.26. The molecule has 23 heavy (non-hydrogen) atoms. The van der Waals surface area contributed by atoms with Crippen LogP contribution in [0.25, 0.3) is 11.1 Å². The highest BCUT2D eigenvalue weighted by molar-refractivity contribution is 5.95. The van der Waals surface area contributed by atoms with Crippen LogP contribution in [-0.2, 0) is 19.3 Å². The van der Waals surface area contributed by atoms with Gasteiger partial charge in [-0.25, -0.2) is 0 Å². The first-order valence-electron chi connectivity index (χ1n) is 6.96. The van der Waals surface area contributed by atoms with Crippen LogP contribution in [-0.4, -0.2) is 18.4 Å². The summed E-state index contributed by atoms with van der Waals surface area (Å²) in [7, 11) is 1.46. The molecular weight excluding hydrogens is 307 g/mol. The minimum atomic E-state index is -4.44. The monoisotopic (exact) mass is 321 g/mol. The van der Waals surface area contributed by atoms with Gasteiger partial charge in [0.25, 0.3) is 0 Å². The molecule has 0 amide bonds. The van der Waals surface area contributed by atoms with Gasteiger partial charge in [0, 0.05) is 17.3 Å². The first-order valence-corrected chi connectivity index (χ1v) is 6.96. The molecule has 6 heteroatoms. The zero-order chi connectivity index (χ0) is 16.6. The maximum absolute atomic E-state index is 13.2. The lowest BCUT2D eigenvalue weighted by molar-refractivity contribution is -0.137. The highest BCUT2D eigenvalue weighted by atomic mass is 19.4. The van der Waals surface area contributed by atoms with Crippen LogP contribution in [0, 0.1) is 0 Å². The molecule has 0 aromatic heterocycles. The van der Waals surface area contributed by atoms with Gasteiger partial charge in [0.1, 0.15) is 5.75 Å². The van der Waals surface area contributed by atoms with Crippen molar-refractivity contribution in [3.05, 3.63) is 52.6 Å². The molecule has 1 aliphatic heterocycles. The SMILES string of the molecule is COc1ccc(CO)cc1-c1cc(C(F)(F)F)cc2c1C=NC2. The molecule has 0 aliphatic carbocycles. The van der Waals surface area contributed by atoms with E-state index in [9.17, 15) is 18.3 Å². The van der Waals surface area contributed by atoms with Crippen molar-refractivity contribution in [2.75, 3.05) is 7.11 Å². The van der Waals surface area contributed by atoms with Gasteiger partial charge in [0.05, 0.1) is 25.8 Å². The standard InChI is InChI=1S/C17H14F3NO2/c1-23-16-3-2-10(9-22)4-14(16)13-6-12(17(18,19)20)5-11-7-21-8-15(11)13/h2-6,8,22H,7,9H2,1H3. The zero-order valence-corrected chi connectivity index (χ0v) is 12.3. The molecule has 0 saturated carbocycles. The van der Waals surface area contributed by atoms with Crippen molar-refractivity contribution in [2.24, 2.45) is 4.99 Å². The van der Waals surface area contributed by atoms with Gasteiger partial charge in [-0.05, 0) is 41.0 Å². The molecule has 0 spiro atoms. The van der Waals surface area contributed by atoms with Crippen LogP contribution in [0.3, 0.4) is 0 Å². The number of aliphatic hydroxyl groups excluding tert-OH is 1. The number of fused-ring (bicyclic) bond motifs is 1. The van der Waals surface area contributed by atoms with Crippen molar-refractivity contribution in [1.82, 2.24) is 0 Å². The molecule has 120 valence electrons. The number of aliphatic imine (C=N–C) groups is 1. The average Bonchev–Trinajstić information content (AvgIpc) is 3.01. The van der Waals surface area contributed by atoms with E-state index < -0.39 is 11.7 Å². The number of hydrogen-bond donors (Lipinski definition) is 1. The lowest BCUT2D eigenvalue weighted by atomic mass is 9.92. The summed E-state index contributed by atoms with van der Waals surface area (Å²) in [5, 5.41) is 9.30. The number of alkyl halides is 3. The van der Waals surface area contributed by atoms with E-state index in [1.807, 2.05) is 0 Å². The molecule has 0 bridgehead atoms. The molecule has 0 saturated heterocycles. The Kier molecular flexibility index (Phi) is 3.85. The van der Waals surface area contributed by atoms with Crippen LogP contribution in [0.2, 0.25) is 0 Å². The third-order valence-corrected chi connectivity index (χ3v) is 3.81. The molecule has 0 atom stereocenters. The summed E-state index contributed by atoms with van der Waals surface area (Å²) in [4.78, 5) is 4.08. The fraction of sp³-hybridized carbons (Fsp3) is 0.235. The molecule has 3 nitrogen and oxygen atoms in total. The first-order chi connectivity index (χ1) is 10.9. The van der Waals surface area contributed by atoms with Gasteiger partial charge in [-0.3, -0.25) is 4.99 Å². The fourth-order valence-corrected chi connectivity index (χ4v) is 2.68. The number of rotatable bonds is 3. The normalized spacial score (nSPS) is 13.3. The highest BCUT2D eigenvalue weighted by Gasteiger charge is 2.33. The van der Waals surface area contributed by atoms with Gasteiger partial charge in [0.2, 0.25) is 0 Å². The fourth-order valence-electron chi connectivity index (χ4n) is 2.68. The predicted molar refractivity (Wildman–Crippen MR) is 80.7 cm³/mol. The molecule has 1 N–H and O–H groups in total. The Bertz CT molecular complexity index is 782. The number of methoxy groups -OCH3 is 1. The second-order valence-electron chi connectivity index (χ2n) is 5.26. The summed E-state index contributed by atoms with van der Waals surface area (Å²) in [5.41, 5.74) is 1.99. The lowest BCUT2D eigenvalue weighted by Gasteiger charge is -2.16. The van der Waals surface area contributed by atoms with Crippen LogP contribution in [0.1, 0.15) is 22.3 Å². The third-order valence-electron chi connectivity index (χ3n) is 3.81. The average molecular weight is 321 g/mol. The number of ether oxygens (including phenoxy) is 1. The molecule has 2 aromatic rings. The zero-order valence-electron chi connectivity index (χ0n) is 12.3. The molecule has 1 aliphatic rings. The van der Waals surface area contributed by atoms with E-state index in [1.165, 1.54) is 7.11 Å². The van der Waals surface area contributed by atoms with E-state index in [0.29, 0.717) is 33.6 Å². The van der Waals surface area contributed by atoms with E-state index in [-0.39, 0.29) is 13.2 Å². The van der Waals surface area contributed by atoms with Gasteiger partial charge in [-0.2, -0.15) is 13.2 Å². The summed E-state index contributed by atoms with van der Waals surface area (Å²) in [6.07, 6.45) is -2.86. The maximum atomic E-state index is 13.2. The van der Waals surface area contributed by atoms with Crippen LogP contribution in [0.5, 0.6) is 5.75 Å². The Morgan fingerprint density at radius 2 is 1.96 bits per heavy atom. The molecule has 2 aromatic carbocycles. The largest absolute Gasteiger partial charge is 0.496 e. The van der Waals surface area contributed by atoms with Crippen molar-refractivity contribution in [3.8, 4) is 16.9 Å². The Morgan fingerprint density at radius 1 is 1.17 bits per heavy atom. The van der Waals surface area contributed by atoms with Crippen molar-refractivity contribution in [1.29, 1.82) is 0 Å². The molecule has 3 rings (SSSR count). The summed E-state index contributed by atoms with van der Waals surface area (Å²) in [5.74, 6) is 0.448. The molecule has 0 radical (unpaired) electrons. The Hall–Kier alpha value is -2.34. The molecule has 0 unspecified atom stereocenters. The maximum Gasteiger partial charge on any atom is 0.416 e. The van der Waals surface area contributed by atoms with Crippen LogP contribution in [0.4, 0.5) is 13.2 Å². The molecular formula is C17H14F3NO2. The number of halogens is 3. The van der Waals surface area contributed by atoms with Gasteiger partial charge in [-0.15, -0.1) is 0 Å². The summed E-state index contributed by atoms with van der Waals surface area (Å²) >= 11 is 0. The van der Waals surface area contributed by atoms with Gasteiger partial charge >= 0.3 is 6.18 Å². The second kappa shape index (κ2) is 5.70. The number of nitrogens with zero attached hydrogens (tertiary/aromatic N) is 1. The summed E-state index contributed by atoms with van der Waals surface area (Å²) in [6.45, 7) is 0.0283. The quantitative estimate of drug-likeness (QED) is 0.934.